The molecule has 0 aliphatic carbocycles. The van der Waals surface area contributed by atoms with Crippen LogP contribution in [0.25, 0.3) is 0 Å². The molecule has 0 atom stereocenters. The van der Waals surface area contributed by atoms with Crippen LogP contribution in [0.5, 0.6) is 17.2 Å². The Bertz CT molecular complexity index is 613. The summed E-state index contributed by atoms with van der Waals surface area (Å²) in [6, 6.07) is 12.3. The molecular formula is C16H15ClO4. The highest BCUT2D eigenvalue weighted by atomic mass is 35.5. The molecule has 0 aliphatic heterocycles. The van der Waals surface area contributed by atoms with Gasteiger partial charge in [-0.1, -0.05) is 23.7 Å². The minimum Gasteiger partial charge on any atom is -0.493 e. The van der Waals surface area contributed by atoms with E-state index in [0.29, 0.717) is 47.3 Å². The van der Waals surface area contributed by atoms with Crippen molar-refractivity contribution in [2.24, 2.45) is 0 Å². The van der Waals surface area contributed by atoms with Crippen LogP contribution in [0, 0.1) is 0 Å². The van der Waals surface area contributed by atoms with E-state index in [-0.39, 0.29) is 0 Å². The fraction of sp³-hybridized carbons (Fsp3) is 0.188. The van der Waals surface area contributed by atoms with E-state index in [0.717, 1.165) is 0 Å². The first-order chi connectivity index (χ1) is 10.2. The number of benzene rings is 2. The summed E-state index contributed by atoms with van der Waals surface area (Å²) in [7, 11) is 1.59. The molecule has 2 rings (SSSR count). The molecule has 5 heteroatoms. The molecule has 0 saturated heterocycles. The number of aldehydes is 1. The summed E-state index contributed by atoms with van der Waals surface area (Å²) < 4.78 is 16.3. The maximum absolute atomic E-state index is 10.9. The molecule has 0 N–H and O–H groups in total. The molecule has 0 aliphatic rings. The van der Waals surface area contributed by atoms with Crippen molar-refractivity contribution in [3.63, 3.8) is 0 Å². The van der Waals surface area contributed by atoms with Crippen LogP contribution in [0.1, 0.15) is 10.4 Å². The van der Waals surface area contributed by atoms with Crippen LogP contribution in [-0.2, 0) is 0 Å². The minimum absolute atomic E-state index is 0.306. The number of carbonyl (C=O) groups is 1. The van der Waals surface area contributed by atoms with E-state index in [4.69, 9.17) is 25.8 Å². The lowest BCUT2D eigenvalue weighted by molar-refractivity contribution is 0.111. The second kappa shape index (κ2) is 7.55. The highest BCUT2D eigenvalue weighted by Crippen LogP contribution is 2.26. The number of rotatable bonds is 7. The van der Waals surface area contributed by atoms with Gasteiger partial charge in [-0.25, -0.2) is 0 Å². The summed E-state index contributed by atoms with van der Waals surface area (Å²) in [5.74, 6) is 1.80. The molecule has 0 spiro atoms. The lowest BCUT2D eigenvalue weighted by atomic mass is 10.2. The molecule has 0 aromatic heterocycles. The average molecular weight is 307 g/mol. The first-order valence-electron chi connectivity index (χ1n) is 6.38. The van der Waals surface area contributed by atoms with Gasteiger partial charge >= 0.3 is 0 Å². The Morgan fingerprint density at radius 3 is 2.33 bits per heavy atom. The van der Waals surface area contributed by atoms with Crippen LogP contribution in [0.15, 0.2) is 42.5 Å². The Kier molecular flexibility index (Phi) is 5.46. The van der Waals surface area contributed by atoms with Gasteiger partial charge in [-0.15, -0.1) is 0 Å². The van der Waals surface area contributed by atoms with Gasteiger partial charge in [0.15, 0.2) is 17.8 Å². The quantitative estimate of drug-likeness (QED) is 0.579. The van der Waals surface area contributed by atoms with E-state index in [1.165, 1.54) is 0 Å². The zero-order valence-corrected chi connectivity index (χ0v) is 12.3. The molecule has 0 heterocycles. The molecule has 0 unspecified atom stereocenters. The summed E-state index contributed by atoms with van der Waals surface area (Å²) in [6.45, 7) is 0.641. The van der Waals surface area contributed by atoms with Gasteiger partial charge < -0.3 is 14.2 Å². The molecule has 0 bridgehead atoms. The Morgan fingerprint density at radius 1 is 1.00 bits per heavy atom. The Balaban J connectivity index is 1.89. The zero-order chi connectivity index (χ0) is 15.1. The fourth-order valence-corrected chi connectivity index (χ4v) is 1.96. The van der Waals surface area contributed by atoms with Gasteiger partial charge in [-0.3, -0.25) is 4.79 Å². The number of carbonyl (C=O) groups excluding carboxylic acids is 1. The molecule has 110 valence electrons. The smallest absolute Gasteiger partial charge is 0.161 e. The van der Waals surface area contributed by atoms with Gasteiger partial charge in [0, 0.05) is 5.02 Å². The third kappa shape index (κ3) is 4.13. The molecule has 0 saturated carbocycles. The van der Waals surface area contributed by atoms with E-state index >= 15 is 0 Å². The molecule has 2 aromatic rings. The summed E-state index contributed by atoms with van der Waals surface area (Å²) in [6.07, 6.45) is 0.711. The molecule has 0 radical (unpaired) electrons. The Morgan fingerprint density at radius 2 is 1.67 bits per heavy atom. The van der Waals surface area contributed by atoms with Gasteiger partial charge in [-0.2, -0.15) is 0 Å². The standard InChI is InChI=1S/C16H15ClO4/c1-19-15-4-2-3-5-16(15)21-9-8-20-14-7-6-13(17)10-12(14)11-18/h2-7,10-11H,8-9H2,1H3. The highest BCUT2D eigenvalue weighted by molar-refractivity contribution is 6.30. The normalized spacial score (nSPS) is 10.0. The second-order valence-corrected chi connectivity index (χ2v) is 4.58. The van der Waals surface area contributed by atoms with Crippen molar-refractivity contribution in [2.45, 2.75) is 0 Å². The molecule has 0 fully saturated rings. The van der Waals surface area contributed by atoms with Crippen molar-refractivity contribution < 1.29 is 19.0 Å². The lowest BCUT2D eigenvalue weighted by Crippen LogP contribution is -2.10. The lowest BCUT2D eigenvalue weighted by Gasteiger charge is -2.12. The highest BCUT2D eigenvalue weighted by Gasteiger charge is 2.05. The Hall–Kier alpha value is -2.20. The van der Waals surface area contributed by atoms with Crippen LogP contribution in [-0.4, -0.2) is 26.6 Å². The van der Waals surface area contributed by atoms with Crippen molar-refractivity contribution in [2.75, 3.05) is 20.3 Å². The van der Waals surface area contributed by atoms with E-state index in [1.807, 2.05) is 24.3 Å². The summed E-state index contributed by atoms with van der Waals surface area (Å²) in [4.78, 5) is 10.9. The van der Waals surface area contributed by atoms with Gasteiger partial charge in [0.2, 0.25) is 0 Å². The summed E-state index contributed by atoms with van der Waals surface area (Å²) in [5.41, 5.74) is 0.416. The van der Waals surface area contributed by atoms with Crippen LogP contribution < -0.4 is 14.2 Å². The topological polar surface area (TPSA) is 44.8 Å². The minimum atomic E-state index is 0.306. The molecule has 4 nitrogen and oxygen atoms in total. The molecule has 0 amide bonds. The fourth-order valence-electron chi connectivity index (χ4n) is 1.78. The van der Waals surface area contributed by atoms with Gasteiger partial charge in [0.1, 0.15) is 19.0 Å². The van der Waals surface area contributed by atoms with Crippen LogP contribution in [0.4, 0.5) is 0 Å². The van der Waals surface area contributed by atoms with Crippen LogP contribution in [0.3, 0.4) is 0 Å². The first-order valence-corrected chi connectivity index (χ1v) is 6.75. The molecule has 2 aromatic carbocycles. The van der Waals surface area contributed by atoms with E-state index in [2.05, 4.69) is 0 Å². The maximum Gasteiger partial charge on any atom is 0.161 e. The first kappa shape index (κ1) is 15.2. The average Bonchev–Trinajstić information content (AvgIpc) is 2.52. The zero-order valence-electron chi connectivity index (χ0n) is 11.5. The van der Waals surface area contributed by atoms with E-state index < -0.39 is 0 Å². The monoisotopic (exact) mass is 306 g/mol. The number of hydrogen-bond donors (Lipinski definition) is 0. The van der Waals surface area contributed by atoms with E-state index in [1.54, 1.807) is 25.3 Å². The Labute approximate surface area is 128 Å². The van der Waals surface area contributed by atoms with Gasteiger partial charge in [-0.05, 0) is 30.3 Å². The van der Waals surface area contributed by atoms with Crippen molar-refractivity contribution >= 4 is 17.9 Å². The number of methoxy groups -OCH3 is 1. The maximum atomic E-state index is 10.9. The largest absolute Gasteiger partial charge is 0.493 e. The molecule has 21 heavy (non-hydrogen) atoms. The number of hydrogen-bond acceptors (Lipinski definition) is 4. The van der Waals surface area contributed by atoms with Crippen LogP contribution >= 0.6 is 11.6 Å². The van der Waals surface area contributed by atoms with Gasteiger partial charge in [0.25, 0.3) is 0 Å². The third-order valence-electron chi connectivity index (χ3n) is 2.77. The predicted octanol–water partition coefficient (Wildman–Crippen LogP) is 3.62. The van der Waals surface area contributed by atoms with Crippen molar-refractivity contribution in [3.05, 3.63) is 53.1 Å². The molecular weight excluding hydrogens is 292 g/mol. The van der Waals surface area contributed by atoms with Gasteiger partial charge in [0.05, 0.1) is 12.7 Å². The summed E-state index contributed by atoms with van der Waals surface area (Å²) >= 11 is 5.82. The number of para-hydroxylation sites is 2. The SMILES string of the molecule is COc1ccccc1OCCOc1ccc(Cl)cc1C=O. The van der Waals surface area contributed by atoms with Crippen LogP contribution in [0.2, 0.25) is 5.02 Å². The third-order valence-corrected chi connectivity index (χ3v) is 3.00. The second-order valence-electron chi connectivity index (χ2n) is 4.15. The van der Waals surface area contributed by atoms with Crippen molar-refractivity contribution in [1.29, 1.82) is 0 Å². The number of ether oxygens (including phenoxy) is 3. The predicted molar refractivity (Wildman–Crippen MR) is 80.8 cm³/mol. The van der Waals surface area contributed by atoms with Crippen molar-refractivity contribution in [1.82, 2.24) is 0 Å². The summed E-state index contributed by atoms with van der Waals surface area (Å²) in [5, 5.41) is 0.495. The number of halogens is 1. The van der Waals surface area contributed by atoms with Crippen molar-refractivity contribution in [3.8, 4) is 17.2 Å². The van der Waals surface area contributed by atoms with E-state index in [9.17, 15) is 4.79 Å².